The molecule has 1 atom stereocenters. The van der Waals surface area contributed by atoms with E-state index in [1.165, 1.54) is 36.2 Å². The quantitative estimate of drug-likeness (QED) is 0.572. The molecule has 118 valence electrons. The zero-order valence-electron chi connectivity index (χ0n) is 11.8. The first kappa shape index (κ1) is 16.1. The Morgan fingerprint density at radius 1 is 1.50 bits per heavy atom. The van der Waals surface area contributed by atoms with Crippen molar-refractivity contribution in [1.82, 2.24) is 9.78 Å². The second-order valence-corrected chi connectivity index (χ2v) is 6.04. The number of methoxy groups -OCH3 is 1. The Balaban J connectivity index is 1.95. The molecule has 0 saturated heterocycles. The monoisotopic (exact) mass is 327 g/mol. The molecule has 7 nitrogen and oxygen atoms in total. The summed E-state index contributed by atoms with van der Waals surface area (Å²) in [5.74, 6) is 0.447. The Morgan fingerprint density at radius 3 is 2.91 bits per heavy atom. The molecule has 22 heavy (non-hydrogen) atoms. The highest BCUT2D eigenvalue weighted by Crippen LogP contribution is 2.21. The lowest BCUT2D eigenvalue weighted by molar-refractivity contribution is -0.385. The van der Waals surface area contributed by atoms with Gasteiger partial charge in [-0.3, -0.25) is 19.0 Å². The van der Waals surface area contributed by atoms with E-state index in [0.717, 1.165) is 6.20 Å². The van der Waals surface area contributed by atoms with Crippen LogP contribution in [0.15, 0.2) is 30.6 Å². The number of aryl methyl sites for hydroxylation is 1. The van der Waals surface area contributed by atoms with Gasteiger partial charge in [-0.25, -0.2) is 4.39 Å². The van der Waals surface area contributed by atoms with Gasteiger partial charge in [0.1, 0.15) is 24.0 Å². The number of nitrogens with zero attached hydrogens (tertiary/aromatic N) is 3. The third-order valence-corrected chi connectivity index (χ3v) is 4.21. The molecule has 0 fully saturated rings. The first-order valence-corrected chi connectivity index (χ1v) is 7.82. The second-order valence-electron chi connectivity index (χ2n) is 4.46. The maximum Gasteiger partial charge on any atom is 0.306 e. The standard InChI is InChI=1S/C13H14FN3O4S/c1-21-13-3-2-11(14)6-10(13)9-22(20)5-4-16-8-12(7-15-16)17(18)19/h2-3,6-8H,4-5,9H2,1H3/t22-/m1/s1. The number of nitro groups is 1. The van der Waals surface area contributed by atoms with Gasteiger partial charge in [0.25, 0.3) is 0 Å². The number of benzene rings is 1. The van der Waals surface area contributed by atoms with E-state index in [4.69, 9.17) is 4.74 Å². The highest BCUT2D eigenvalue weighted by molar-refractivity contribution is 7.84. The molecular weight excluding hydrogens is 313 g/mol. The largest absolute Gasteiger partial charge is 0.496 e. The van der Waals surface area contributed by atoms with Crippen molar-refractivity contribution < 1.29 is 18.3 Å². The molecule has 1 aromatic heterocycles. The Kier molecular flexibility index (Phi) is 5.21. The van der Waals surface area contributed by atoms with Gasteiger partial charge in [-0.15, -0.1) is 0 Å². The van der Waals surface area contributed by atoms with E-state index in [1.54, 1.807) is 0 Å². The molecule has 0 amide bonds. The fourth-order valence-electron chi connectivity index (χ4n) is 1.87. The van der Waals surface area contributed by atoms with E-state index in [9.17, 15) is 18.7 Å². The molecule has 2 aromatic rings. The Bertz CT molecular complexity index is 704. The van der Waals surface area contributed by atoms with E-state index in [1.807, 2.05) is 0 Å². The van der Waals surface area contributed by atoms with Gasteiger partial charge in [-0.2, -0.15) is 5.10 Å². The van der Waals surface area contributed by atoms with Crippen LogP contribution in [0.5, 0.6) is 5.75 Å². The number of ether oxygens (including phenoxy) is 1. The van der Waals surface area contributed by atoms with Crippen molar-refractivity contribution in [2.75, 3.05) is 12.9 Å². The average Bonchev–Trinajstić information content (AvgIpc) is 2.94. The fourth-order valence-corrected chi connectivity index (χ4v) is 2.98. The zero-order chi connectivity index (χ0) is 16.1. The van der Waals surface area contributed by atoms with E-state index in [2.05, 4.69) is 5.10 Å². The lowest BCUT2D eigenvalue weighted by atomic mass is 10.2. The van der Waals surface area contributed by atoms with Crippen molar-refractivity contribution in [3.05, 3.63) is 52.1 Å². The van der Waals surface area contributed by atoms with E-state index < -0.39 is 21.5 Å². The highest BCUT2D eigenvalue weighted by Gasteiger charge is 2.11. The highest BCUT2D eigenvalue weighted by atomic mass is 32.2. The smallest absolute Gasteiger partial charge is 0.306 e. The summed E-state index contributed by atoms with van der Waals surface area (Å²) in [6.45, 7) is 0.276. The molecular formula is C13H14FN3O4S. The van der Waals surface area contributed by atoms with Crippen LogP contribution >= 0.6 is 0 Å². The minimum absolute atomic E-state index is 0.113. The number of rotatable bonds is 7. The molecule has 0 radical (unpaired) electrons. The maximum absolute atomic E-state index is 13.2. The van der Waals surface area contributed by atoms with Gasteiger partial charge in [0.15, 0.2) is 0 Å². The fraction of sp³-hybridized carbons (Fsp3) is 0.308. The second kappa shape index (κ2) is 7.12. The summed E-state index contributed by atoms with van der Waals surface area (Å²) in [5.41, 5.74) is 0.407. The molecule has 0 spiro atoms. The summed E-state index contributed by atoms with van der Waals surface area (Å²) in [4.78, 5) is 10.00. The molecule has 0 aliphatic heterocycles. The van der Waals surface area contributed by atoms with Gasteiger partial charge in [-0.05, 0) is 18.2 Å². The van der Waals surface area contributed by atoms with E-state index >= 15 is 0 Å². The van der Waals surface area contributed by atoms with Crippen molar-refractivity contribution in [3.8, 4) is 5.75 Å². The molecule has 2 rings (SSSR count). The predicted octanol–water partition coefficient (Wildman–Crippen LogP) is 1.89. The third-order valence-electron chi connectivity index (χ3n) is 2.94. The Morgan fingerprint density at radius 2 is 2.27 bits per heavy atom. The minimum atomic E-state index is -1.27. The molecule has 0 aliphatic carbocycles. The molecule has 0 saturated carbocycles. The van der Waals surface area contributed by atoms with Gasteiger partial charge in [0.2, 0.25) is 0 Å². The van der Waals surface area contributed by atoms with Crippen LogP contribution in [0, 0.1) is 15.9 Å². The van der Waals surface area contributed by atoms with Gasteiger partial charge in [0, 0.05) is 22.1 Å². The van der Waals surface area contributed by atoms with Crippen LogP contribution in [-0.4, -0.2) is 31.8 Å². The van der Waals surface area contributed by atoms with Crippen LogP contribution in [0.25, 0.3) is 0 Å². The van der Waals surface area contributed by atoms with Crippen molar-refractivity contribution in [2.24, 2.45) is 0 Å². The Hall–Kier alpha value is -2.29. The zero-order valence-corrected chi connectivity index (χ0v) is 12.6. The molecule has 0 bridgehead atoms. The van der Waals surface area contributed by atoms with Crippen molar-refractivity contribution in [1.29, 1.82) is 0 Å². The first-order valence-electron chi connectivity index (χ1n) is 6.34. The summed E-state index contributed by atoms with van der Waals surface area (Å²) in [6.07, 6.45) is 2.42. The lowest BCUT2D eigenvalue weighted by Crippen LogP contribution is -2.10. The van der Waals surface area contributed by atoms with Crippen LogP contribution < -0.4 is 4.74 Å². The number of hydrogen-bond donors (Lipinski definition) is 0. The first-order chi connectivity index (χ1) is 10.5. The number of hydrogen-bond acceptors (Lipinski definition) is 5. The van der Waals surface area contributed by atoms with Gasteiger partial charge >= 0.3 is 5.69 Å². The molecule has 0 unspecified atom stereocenters. The molecule has 9 heteroatoms. The summed E-state index contributed by atoms with van der Waals surface area (Å²) in [6, 6.07) is 4.04. The average molecular weight is 327 g/mol. The van der Waals surface area contributed by atoms with Crippen molar-refractivity contribution in [2.45, 2.75) is 12.3 Å². The predicted molar refractivity (Wildman–Crippen MR) is 78.5 cm³/mol. The minimum Gasteiger partial charge on any atom is -0.496 e. The molecule has 1 heterocycles. The SMILES string of the molecule is COc1ccc(F)cc1C[S@](=O)CCn1cc([N+](=O)[O-])cn1. The number of aromatic nitrogens is 2. The van der Waals surface area contributed by atoms with Gasteiger partial charge in [-0.1, -0.05) is 0 Å². The normalized spacial score (nSPS) is 12.1. The summed E-state index contributed by atoms with van der Waals surface area (Å²) in [5, 5.41) is 14.4. The molecule has 0 aliphatic rings. The van der Waals surface area contributed by atoms with E-state index in [0.29, 0.717) is 11.3 Å². The summed E-state index contributed by atoms with van der Waals surface area (Å²) >= 11 is 0. The molecule has 0 N–H and O–H groups in total. The van der Waals surface area contributed by atoms with Crippen molar-refractivity contribution in [3.63, 3.8) is 0 Å². The summed E-state index contributed by atoms with van der Waals surface area (Å²) < 4.78 is 31.8. The third kappa shape index (κ3) is 4.10. The van der Waals surface area contributed by atoms with Crippen LogP contribution in [0.1, 0.15) is 5.56 Å². The molecule has 1 aromatic carbocycles. The topological polar surface area (TPSA) is 87.3 Å². The van der Waals surface area contributed by atoms with Crippen LogP contribution in [0.4, 0.5) is 10.1 Å². The van der Waals surface area contributed by atoms with E-state index in [-0.39, 0.29) is 23.7 Å². The van der Waals surface area contributed by atoms with Gasteiger partial charge in [0.05, 0.1) is 24.3 Å². The van der Waals surface area contributed by atoms with Crippen LogP contribution in [0.2, 0.25) is 0 Å². The van der Waals surface area contributed by atoms with Crippen LogP contribution in [0.3, 0.4) is 0 Å². The Labute approximate surface area is 128 Å². The lowest BCUT2D eigenvalue weighted by Gasteiger charge is -2.08. The van der Waals surface area contributed by atoms with Gasteiger partial charge < -0.3 is 4.74 Å². The van der Waals surface area contributed by atoms with Crippen molar-refractivity contribution >= 4 is 16.5 Å². The maximum atomic E-state index is 13.2. The number of halogens is 1. The van der Waals surface area contributed by atoms with Crippen LogP contribution in [-0.2, 0) is 23.1 Å². The summed E-state index contributed by atoms with van der Waals surface area (Å²) in [7, 11) is 0.190.